The van der Waals surface area contributed by atoms with Crippen LogP contribution >= 0.6 is 0 Å². The summed E-state index contributed by atoms with van der Waals surface area (Å²) < 4.78 is 0. The fourth-order valence-electron chi connectivity index (χ4n) is 2.52. The van der Waals surface area contributed by atoms with E-state index in [0.29, 0.717) is 0 Å². The third kappa shape index (κ3) is 3.72. The number of nitrogens with one attached hydrogen (secondary N) is 1. The maximum Gasteiger partial charge on any atom is 0.227 e. The van der Waals surface area contributed by atoms with Crippen molar-refractivity contribution in [3.8, 4) is 11.1 Å². The van der Waals surface area contributed by atoms with E-state index in [1.807, 2.05) is 30.3 Å². The van der Waals surface area contributed by atoms with Crippen LogP contribution in [0.25, 0.3) is 11.1 Å². The molecule has 0 bridgehead atoms. The molecule has 0 spiro atoms. The van der Waals surface area contributed by atoms with Crippen LogP contribution in [-0.2, 0) is 4.79 Å². The second-order valence-electron chi connectivity index (χ2n) is 5.42. The summed E-state index contributed by atoms with van der Waals surface area (Å²) in [5.41, 5.74) is 4.29. The van der Waals surface area contributed by atoms with Crippen LogP contribution in [0.2, 0.25) is 0 Å². The molecule has 21 heavy (non-hydrogen) atoms. The van der Waals surface area contributed by atoms with Crippen molar-refractivity contribution in [3.63, 3.8) is 0 Å². The second-order valence-corrected chi connectivity index (χ2v) is 5.42. The molecule has 2 aromatic carbocycles. The van der Waals surface area contributed by atoms with Crippen LogP contribution in [0.5, 0.6) is 0 Å². The Hall–Kier alpha value is -2.09. The van der Waals surface area contributed by atoms with Crippen LogP contribution in [0.15, 0.2) is 48.5 Å². The van der Waals surface area contributed by atoms with Crippen LogP contribution in [-0.4, -0.2) is 5.91 Å². The monoisotopic (exact) mass is 281 g/mol. The van der Waals surface area contributed by atoms with Crippen molar-refractivity contribution in [1.29, 1.82) is 0 Å². The largest absolute Gasteiger partial charge is 0.325 e. The highest BCUT2D eigenvalue weighted by Gasteiger charge is 2.16. The topological polar surface area (TPSA) is 29.1 Å². The number of hydrogen-bond donors (Lipinski definition) is 1. The summed E-state index contributed by atoms with van der Waals surface area (Å²) in [6, 6.07) is 16.3. The highest BCUT2D eigenvalue weighted by Crippen LogP contribution is 2.29. The number of carbonyl (C=O) groups excluding carboxylic acids is 1. The van der Waals surface area contributed by atoms with Crippen LogP contribution in [0.3, 0.4) is 0 Å². The maximum absolute atomic E-state index is 12.3. The molecule has 0 atom stereocenters. The van der Waals surface area contributed by atoms with Crippen LogP contribution in [0, 0.1) is 12.8 Å². The first-order valence-corrected chi connectivity index (χ1v) is 7.62. The molecule has 0 aliphatic rings. The summed E-state index contributed by atoms with van der Waals surface area (Å²) in [5, 5.41) is 3.10. The molecule has 2 aromatic rings. The summed E-state index contributed by atoms with van der Waals surface area (Å²) in [5.74, 6) is 0.191. The number of hydrogen-bond acceptors (Lipinski definition) is 1. The minimum atomic E-state index is 0.0786. The zero-order valence-corrected chi connectivity index (χ0v) is 13.0. The standard InChI is InChI=1S/C19H23NO/c1-4-15(5-2)19(21)20-18-12-11-14(3)13-17(18)16-9-7-6-8-10-16/h6-13,15H,4-5H2,1-3H3,(H,20,21). The molecule has 0 aromatic heterocycles. The predicted octanol–water partition coefficient (Wildman–Crippen LogP) is 5.04. The molecule has 0 aliphatic heterocycles. The van der Waals surface area contributed by atoms with Gasteiger partial charge in [0.25, 0.3) is 0 Å². The second kappa shape index (κ2) is 7.07. The molecule has 0 unspecified atom stereocenters. The number of anilines is 1. The lowest BCUT2D eigenvalue weighted by molar-refractivity contribution is -0.120. The summed E-state index contributed by atoms with van der Waals surface area (Å²) in [4.78, 5) is 12.3. The fraction of sp³-hybridized carbons (Fsp3) is 0.316. The molecule has 2 rings (SSSR count). The van der Waals surface area contributed by atoms with Crippen LogP contribution in [0.1, 0.15) is 32.3 Å². The smallest absolute Gasteiger partial charge is 0.227 e. The van der Waals surface area contributed by atoms with Gasteiger partial charge in [0.15, 0.2) is 0 Å². The van der Waals surface area contributed by atoms with Crippen molar-refractivity contribution < 1.29 is 4.79 Å². The Morgan fingerprint density at radius 2 is 1.71 bits per heavy atom. The maximum atomic E-state index is 12.3. The van der Waals surface area contributed by atoms with E-state index in [0.717, 1.165) is 29.7 Å². The first-order valence-electron chi connectivity index (χ1n) is 7.62. The van der Waals surface area contributed by atoms with Gasteiger partial charge in [-0.1, -0.05) is 55.8 Å². The van der Waals surface area contributed by atoms with E-state index in [1.165, 1.54) is 5.56 Å². The van der Waals surface area contributed by atoms with E-state index in [9.17, 15) is 4.79 Å². The van der Waals surface area contributed by atoms with Gasteiger partial charge in [0, 0.05) is 17.2 Å². The average Bonchev–Trinajstić information content (AvgIpc) is 2.51. The highest BCUT2D eigenvalue weighted by atomic mass is 16.1. The Bertz CT molecular complexity index is 600. The summed E-state index contributed by atoms with van der Waals surface area (Å²) in [6.07, 6.45) is 1.74. The molecule has 1 N–H and O–H groups in total. The third-order valence-corrected chi connectivity index (χ3v) is 3.87. The van der Waals surface area contributed by atoms with Gasteiger partial charge in [0.2, 0.25) is 5.91 Å². The average molecular weight is 281 g/mol. The molecule has 0 saturated heterocycles. The van der Waals surface area contributed by atoms with Gasteiger partial charge in [-0.05, 0) is 37.5 Å². The molecule has 0 aliphatic carbocycles. The molecule has 0 heterocycles. The predicted molar refractivity (Wildman–Crippen MR) is 89.3 cm³/mol. The van der Waals surface area contributed by atoms with Crippen molar-refractivity contribution in [3.05, 3.63) is 54.1 Å². The van der Waals surface area contributed by atoms with Crippen molar-refractivity contribution in [2.45, 2.75) is 33.6 Å². The molecule has 0 fully saturated rings. The Balaban J connectivity index is 2.34. The summed E-state index contributed by atoms with van der Waals surface area (Å²) in [6.45, 7) is 6.18. The van der Waals surface area contributed by atoms with E-state index in [2.05, 4.69) is 44.3 Å². The number of aryl methyl sites for hydroxylation is 1. The van der Waals surface area contributed by atoms with E-state index in [-0.39, 0.29) is 11.8 Å². The van der Waals surface area contributed by atoms with Gasteiger partial charge in [-0.2, -0.15) is 0 Å². The lowest BCUT2D eigenvalue weighted by Crippen LogP contribution is -2.22. The molecule has 2 nitrogen and oxygen atoms in total. The zero-order valence-electron chi connectivity index (χ0n) is 13.0. The zero-order chi connectivity index (χ0) is 15.2. The van der Waals surface area contributed by atoms with E-state index in [1.54, 1.807) is 0 Å². The number of carbonyl (C=O) groups is 1. The normalized spacial score (nSPS) is 10.7. The van der Waals surface area contributed by atoms with Gasteiger partial charge in [0.1, 0.15) is 0 Å². The van der Waals surface area contributed by atoms with Crippen molar-refractivity contribution >= 4 is 11.6 Å². The van der Waals surface area contributed by atoms with E-state index >= 15 is 0 Å². The molecule has 2 heteroatoms. The summed E-state index contributed by atoms with van der Waals surface area (Å²) >= 11 is 0. The number of benzene rings is 2. The molecule has 0 saturated carbocycles. The first-order chi connectivity index (χ1) is 10.2. The van der Waals surface area contributed by atoms with Crippen molar-refractivity contribution in [2.24, 2.45) is 5.92 Å². The highest BCUT2D eigenvalue weighted by molar-refractivity contribution is 5.96. The lowest BCUT2D eigenvalue weighted by atomic mass is 9.99. The van der Waals surface area contributed by atoms with Gasteiger partial charge in [-0.15, -0.1) is 0 Å². The molecule has 1 amide bonds. The van der Waals surface area contributed by atoms with Crippen molar-refractivity contribution in [2.75, 3.05) is 5.32 Å². The Morgan fingerprint density at radius 3 is 2.33 bits per heavy atom. The fourth-order valence-corrected chi connectivity index (χ4v) is 2.52. The van der Waals surface area contributed by atoms with E-state index in [4.69, 9.17) is 0 Å². The SMILES string of the molecule is CCC(CC)C(=O)Nc1ccc(C)cc1-c1ccccc1. The Morgan fingerprint density at radius 1 is 1.05 bits per heavy atom. The van der Waals surface area contributed by atoms with Crippen LogP contribution < -0.4 is 5.32 Å². The molecular formula is C19H23NO. The number of amides is 1. The summed E-state index contributed by atoms with van der Waals surface area (Å²) in [7, 11) is 0. The Kier molecular flexibility index (Phi) is 5.15. The molecule has 0 radical (unpaired) electrons. The number of rotatable bonds is 5. The minimum Gasteiger partial charge on any atom is -0.325 e. The molecule has 110 valence electrons. The van der Waals surface area contributed by atoms with Gasteiger partial charge >= 0.3 is 0 Å². The van der Waals surface area contributed by atoms with Crippen molar-refractivity contribution in [1.82, 2.24) is 0 Å². The van der Waals surface area contributed by atoms with Gasteiger partial charge in [-0.3, -0.25) is 4.79 Å². The lowest BCUT2D eigenvalue weighted by Gasteiger charge is -2.16. The Labute approximate surface area is 127 Å². The van der Waals surface area contributed by atoms with E-state index < -0.39 is 0 Å². The first kappa shape index (κ1) is 15.3. The quantitative estimate of drug-likeness (QED) is 0.817. The third-order valence-electron chi connectivity index (χ3n) is 3.87. The van der Waals surface area contributed by atoms with Gasteiger partial charge in [-0.25, -0.2) is 0 Å². The van der Waals surface area contributed by atoms with Gasteiger partial charge in [0.05, 0.1) is 0 Å². The minimum absolute atomic E-state index is 0.0786. The van der Waals surface area contributed by atoms with Crippen LogP contribution in [0.4, 0.5) is 5.69 Å². The van der Waals surface area contributed by atoms with Gasteiger partial charge < -0.3 is 5.32 Å². The molecular weight excluding hydrogens is 258 g/mol.